The van der Waals surface area contributed by atoms with E-state index in [2.05, 4.69) is 4.98 Å². The third-order valence-corrected chi connectivity index (χ3v) is 3.67. The van der Waals surface area contributed by atoms with Crippen molar-refractivity contribution in [2.75, 3.05) is 18.1 Å². The van der Waals surface area contributed by atoms with Gasteiger partial charge >= 0.3 is 0 Å². The highest BCUT2D eigenvalue weighted by atomic mass is 35.5. The van der Waals surface area contributed by atoms with Gasteiger partial charge in [0.2, 0.25) is 5.88 Å². The molecule has 0 saturated carbocycles. The highest BCUT2D eigenvalue weighted by Gasteiger charge is 2.28. The largest absolute Gasteiger partial charge is 0.474 e. The first-order chi connectivity index (χ1) is 10.5. The molecule has 0 aliphatic carbocycles. The zero-order valence-corrected chi connectivity index (χ0v) is 12.3. The van der Waals surface area contributed by atoms with Crippen LogP contribution in [0.2, 0.25) is 5.02 Å². The van der Waals surface area contributed by atoms with Crippen LogP contribution in [0.3, 0.4) is 0 Å². The molecule has 1 aromatic carbocycles. The van der Waals surface area contributed by atoms with Gasteiger partial charge in [-0.05, 0) is 30.7 Å². The number of nitrogens with zero attached hydrogens (tertiary/aromatic N) is 2. The lowest BCUT2D eigenvalue weighted by Gasteiger charge is -2.29. The van der Waals surface area contributed by atoms with Gasteiger partial charge in [0.15, 0.2) is 5.82 Å². The number of hydrogen-bond donors (Lipinski definition) is 0. The molecule has 0 N–H and O–H groups in total. The lowest BCUT2D eigenvalue weighted by Crippen LogP contribution is -2.38. The molecule has 1 amide bonds. The summed E-state index contributed by atoms with van der Waals surface area (Å²) in [5.74, 6) is -2.29. The summed E-state index contributed by atoms with van der Waals surface area (Å²) in [6.45, 7) is 2.30. The average molecular weight is 325 g/mol. The maximum atomic E-state index is 14.1. The summed E-state index contributed by atoms with van der Waals surface area (Å²) in [4.78, 5) is 18.0. The van der Waals surface area contributed by atoms with Crippen molar-refractivity contribution in [3.63, 3.8) is 0 Å². The fraction of sp³-hybridized carbons (Fsp3) is 0.200. The Morgan fingerprint density at radius 2 is 2.18 bits per heavy atom. The number of halogens is 3. The van der Waals surface area contributed by atoms with Gasteiger partial charge in [-0.2, -0.15) is 0 Å². The number of aromatic nitrogens is 1. The van der Waals surface area contributed by atoms with E-state index in [1.807, 2.05) is 6.92 Å². The first kappa shape index (κ1) is 14.7. The van der Waals surface area contributed by atoms with Crippen LogP contribution >= 0.6 is 11.6 Å². The Balaban J connectivity index is 2.05. The molecule has 0 saturated heterocycles. The molecule has 0 radical (unpaired) electrons. The fourth-order valence-electron chi connectivity index (χ4n) is 2.25. The van der Waals surface area contributed by atoms with E-state index in [1.165, 1.54) is 4.90 Å². The molecular formula is C15H11ClF2N2O2. The van der Waals surface area contributed by atoms with Gasteiger partial charge in [-0.3, -0.25) is 9.69 Å². The summed E-state index contributed by atoms with van der Waals surface area (Å²) in [6.07, 6.45) is 1.61. The van der Waals surface area contributed by atoms with E-state index >= 15 is 0 Å². The van der Waals surface area contributed by atoms with Crippen LogP contribution in [0.15, 0.2) is 24.4 Å². The maximum Gasteiger partial charge on any atom is 0.261 e. The minimum Gasteiger partial charge on any atom is -0.474 e. The number of hydrogen-bond acceptors (Lipinski definition) is 3. The van der Waals surface area contributed by atoms with Crippen LogP contribution < -0.4 is 9.64 Å². The Morgan fingerprint density at radius 3 is 2.95 bits per heavy atom. The van der Waals surface area contributed by atoms with E-state index in [-0.39, 0.29) is 18.7 Å². The number of aryl methyl sites for hydroxylation is 1. The number of pyridine rings is 1. The molecule has 0 atom stereocenters. The first-order valence-electron chi connectivity index (χ1n) is 6.54. The van der Waals surface area contributed by atoms with Gasteiger partial charge in [-0.15, -0.1) is 0 Å². The molecule has 0 spiro atoms. The summed E-state index contributed by atoms with van der Waals surface area (Å²) >= 11 is 5.53. The third kappa shape index (κ3) is 2.39. The van der Waals surface area contributed by atoms with Crippen LogP contribution in [0.5, 0.6) is 5.88 Å². The van der Waals surface area contributed by atoms with Crippen molar-refractivity contribution in [3.8, 4) is 5.88 Å². The number of amides is 1. The predicted molar refractivity (Wildman–Crippen MR) is 77.5 cm³/mol. The number of carbonyl (C=O) groups is 1. The van der Waals surface area contributed by atoms with E-state index in [0.717, 1.165) is 17.7 Å². The molecule has 0 bridgehead atoms. The summed E-state index contributed by atoms with van der Waals surface area (Å²) in [5.41, 5.74) is 0.997. The number of fused-ring (bicyclic) bond motifs is 1. The highest BCUT2D eigenvalue weighted by molar-refractivity contribution is 6.31. The lowest BCUT2D eigenvalue weighted by atomic mass is 10.1. The third-order valence-electron chi connectivity index (χ3n) is 3.32. The smallest absolute Gasteiger partial charge is 0.261 e. The van der Waals surface area contributed by atoms with Gasteiger partial charge in [0.25, 0.3) is 5.91 Å². The predicted octanol–water partition coefficient (Wildman–Crippen LogP) is 3.36. The van der Waals surface area contributed by atoms with Gasteiger partial charge in [-0.1, -0.05) is 11.6 Å². The molecule has 4 nitrogen and oxygen atoms in total. The van der Waals surface area contributed by atoms with Gasteiger partial charge in [0, 0.05) is 6.20 Å². The van der Waals surface area contributed by atoms with E-state index in [4.69, 9.17) is 16.3 Å². The molecule has 2 aromatic rings. The highest BCUT2D eigenvalue weighted by Crippen LogP contribution is 2.32. The average Bonchev–Trinajstić information content (AvgIpc) is 2.51. The van der Waals surface area contributed by atoms with Crippen molar-refractivity contribution in [1.29, 1.82) is 0 Å². The molecule has 2 heterocycles. The molecule has 1 aliphatic rings. The van der Waals surface area contributed by atoms with Gasteiger partial charge in [0.1, 0.15) is 23.1 Å². The fourth-order valence-corrected chi connectivity index (χ4v) is 2.41. The van der Waals surface area contributed by atoms with Crippen LogP contribution in [0.25, 0.3) is 0 Å². The molecule has 1 aromatic heterocycles. The van der Waals surface area contributed by atoms with Crippen LogP contribution in [0.1, 0.15) is 15.9 Å². The van der Waals surface area contributed by atoms with Crippen molar-refractivity contribution in [2.45, 2.75) is 6.92 Å². The lowest BCUT2D eigenvalue weighted by molar-refractivity contribution is 0.0971. The molecular weight excluding hydrogens is 314 g/mol. The number of carbonyl (C=O) groups excluding carboxylic acids is 1. The summed E-state index contributed by atoms with van der Waals surface area (Å²) in [5, 5.41) is -0.693. The van der Waals surface area contributed by atoms with E-state index in [1.54, 1.807) is 12.3 Å². The molecule has 0 fully saturated rings. The minimum absolute atomic E-state index is 0.241. The number of ether oxygens (including phenoxy) is 1. The Labute approximate surface area is 130 Å². The Kier molecular flexibility index (Phi) is 3.70. The van der Waals surface area contributed by atoms with Crippen molar-refractivity contribution in [1.82, 2.24) is 4.98 Å². The minimum atomic E-state index is -1.07. The summed E-state index contributed by atoms with van der Waals surface area (Å²) < 4.78 is 32.7. The van der Waals surface area contributed by atoms with Crippen molar-refractivity contribution < 1.29 is 18.3 Å². The van der Waals surface area contributed by atoms with Crippen molar-refractivity contribution >= 4 is 23.2 Å². The Hall–Kier alpha value is -2.21. The molecule has 114 valence electrons. The number of rotatable bonds is 1. The molecule has 7 heteroatoms. The first-order valence-corrected chi connectivity index (χ1v) is 6.91. The Bertz CT molecular complexity index is 767. The number of anilines is 1. The van der Waals surface area contributed by atoms with Crippen LogP contribution in [-0.4, -0.2) is 24.0 Å². The summed E-state index contributed by atoms with van der Waals surface area (Å²) in [6, 6.07) is 3.77. The summed E-state index contributed by atoms with van der Waals surface area (Å²) in [7, 11) is 0. The van der Waals surface area contributed by atoms with Crippen LogP contribution in [-0.2, 0) is 0 Å². The van der Waals surface area contributed by atoms with Crippen LogP contribution in [0.4, 0.5) is 14.5 Å². The zero-order valence-electron chi connectivity index (χ0n) is 11.6. The van der Waals surface area contributed by atoms with E-state index in [0.29, 0.717) is 11.6 Å². The molecule has 22 heavy (non-hydrogen) atoms. The van der Waals surface area contributed by atoms with E-state index in [9.17, 15) is 13.6 Å². The maximum absolute atomic E-state index is 14.1. The molecule has 1 aliphatic heterocycles. The standard InChI is InChI=1S/C15H11ClF2N2O2/c1-8-6-11-14(19-7-8)22-5-4-20(11)15(21)9-2-3-10(17)12(16)13(9)18/h2-3,6-7H,4-5H2,1H3. The normalized spacial score (nSPS) is 13.5. The van der Waals surface area contributed by atoms with Crippen molar-refractivity contribution in [2.24, 2.45) is 0 Å². The molecule has 3 rings (SSSR count). The van der Waals surface area contributed by atoms with Gasteiger partial charge < -0.3 is 4.74 Å². The second kappa shape index (κ2) is 5.53. The van der Waals surface area contributed by atoms with Crippen molar-refractivity contribution in [3.05, 3.63) is 52.2 Å². The zero-order chi connectivity index (χ0) is 15.9. The second-order valence-electron chi connectivity index (χ2n) is 4.87. The van der Waals surface area contributed by atoms with Gasteiger partial charge in [-0.25, -0.2) is 13.8 Å². The van der Waals surface area contributed by atoms with Gasteiger partial charge in [0.05, 0.1) is 12.1 Å². The second-order valence-corrected chi connectivity index (χ2v) is 5.24. The van der Waals surface area contributed by atoms with Crippen LogP contribution in [0, 0.1) is 18.6 Å². The Morgan fingerprint density at radius 1 is 1.41 bits per heavy atom. The quantitative estimate of drug-likeness (QED) is 0.755. The van der Waals surface area contributed by atoms with E-state index < -0.39 is 22.6 Å². The topological polar surface area (TPSA) is 42.4 Å². The SMILES string of the molecule is Cc1cnc2c(c1)N(C(=O)c1ccc(F)c(Cl)c1F)CCO2. The molecule has 0 unspecified atom stereocenters. The number of benzene rings is 1. The monoisotopic (exact) mass is 324 g/mol.